The van der Waals surface area contributed by atoms with E-state index in [2.05, 4.69) is 3.79 Å². The van der Waals surface area contributed by atoms with Crippen molar-refractivity contribution in [1.82, 2.24) is 0 Å². The second kappa shape index (κ2) is 3.62. The summed E-state index contributed by atoms with van der Waals surface area (Å²) < 4.78 is 4.67. The molecule has 86 valence electrons. The van der Waals surface area contributed by atoms with Gasteiger partial charge in [-0.25, -0.2) is 0 Å². The van der Waals surface area contributed by atoms with Crippen molar-refractivity contribution in [1.29, 1.82) is 0 Å². The fraction of sp³-hybridized carbons (Fsp3) is 1.00. The first-order valence-corrected chi connectivity index (χ1v) is 12.1. The zero-order valence-electron chi connectivity index (χ0n) is 8.50. The molecule has 0 spiro atoms. The maximum absolute atomic E-state index is 6.01. The van der Waals surface area contributed by atoms with Gasteiger partial charge in [0.15, 0.2) is 0 Å². The van der Waals surface area contributed by atoms with Gasteiger partial charge in [-0.15, -0.1) is 0 Å². The molecule has 0 atom stereocenters. The van der Waals surface area contributed by atoms with Crippen LogP contribution in [0.4, 0.5) is 0 Å². The van der Waals surface area contributed by atoms with E-state index < -0.39 is 11.0 Å². The Morgan fingerprint density at radius 1 is 0.867 bits per heavy atom. The van der Waals surface area contributed by atoms with E-state index in [0.717, 1.165) is 17.8 Å². The average molecular weight is 307 g/mol. The standard InChI is InChI=1S/C10H15N.3ClH.V/c11-10-4-7-1-8(5-10)3-9(2-7)6-10;;;;/h7-9H,1-6H2;3*1H;/q;;;;+3/p-3. The molecule has 4 bridgehead atoms. The molecule has 0 radical (unpaired) electrons. The zero-order chi connectivity index (χ0) is 10.7. The van der Waals surface area contributed by atoms with Crippen LogP contribution in [0.15, 0.2) is 3.79 Å². The summed E-state index contributed by atoms with van der Waals surface area (Å²) >= 11 is 0. The van der Waals surface area contributed by atoms with Gasteiger partial charge < -0.3 is 0 Å². The molecular formula is C10H15Cl3NV. The monoisotopic (exact) mass is 305 g/mol. The van der Waals surface area contributed by atoms with Crippen LogP contribution in [0.1, 0.15) is 38.5 Å². The molecule has 0 amide bonds. The molecule has 0 unspecified atom stereocenters. The van der Waals surface area contributed by atoms with Crippen molar-refractivity contribution in [3.05, 3.63) is 0 Å². The van der Waals surface area contributed by atoms with Gasteiger partial charge in [-0.1, -0.05) is 0 Å². The van der Waals surface area contributed by atoms with Gasteiger partial charge in [0.25, 0.3) is 0 Å². The second-order valence-electron chi connectivity index (χ2n) is 5.66. The van der Waals surface area contributed by atoms with E-state index in [1.54, 1.807) is 0 Å². The molecule has 0 N–H and O–H groups in total. The predicted octanol–water partition coefficient (Wildman–Crippen LogP) is 4.75. The Hall–Kier alpha value is 1.25. The molecule has 15 heavy (non-hydrogen) atoms. The molecule has 4 rings (SSSR count). The molecule has 0 saturated heterocycles. The Balaban J connectivity index is 1.94. The first-order chi connectivity index (χ1) is 6.94. The Kier molecular flexibility index (Phi) is 2.74. The zero-order valence-corrected chi connectivity index (χ0v) is 12.2. The number of hydrogen-bond donors (Lipinski definition) is 0. The summed E-state index contributed by atoms with van der Waals surface area (Å²) in [5, 5.41) is 0. The quantitative estimate of drug-likeness (QED) is 0.662. The van der Waals surface area contributed by atoms with Crippen LogP contribution < -0.4 is 0 Å². The summed E-state index contributed by atoms with van der Waals surface area (Å²) in [4.78, 5) is 0. The van der Waals surface area contributed by atoms with E-state index in [9.17, 15) is 0 Å². The van der Waals surface area contributed by atoms with Gasteiger partial charge >= 0.3 is 106 Å². The fourth-order valence-electron chi connectivity index (χ4n) is 4.43. The van der Waals surface area contributed by atoms with Crippen molar-refractivity contribution in [3.63, 3.8) is 0 Å². The van der Waals surface area contributed by atoms with E-state index in [-0.39, 0.29) is 5.54 Å². The Morgan fingerprint density at radius 2 is 1.27 bits per heavy atom. The first kappa shape index (κ1) is 11.4. The van der Waals surface area contributed by atoms with Gasteiger partial charge in [-0.05, 0) is 0 Å². The van der Waals surface area contributed by atoms with Crippen LogP contribution in [-0.2, 0) is 11.0 Å². The molecule has 4 aliphatic carbocycles. The SMILES string of the molecule is [Cl][V]([Cl])([Cl])=[N]C12CC3CC(CC(C3)C1)C2. The third-order valence-corrected chi connectivity index (χ3v) is 6.28. The minimum absolute atomic E-state index is 0.0903. The molecule has 5 heteroatoms. The number of halogens is 3. The van der Waals surface area contributed by atoms with Crippen molar-refractivity contribution in [2.45, 2.75) is 44.1 Å². The van der Waals surface area contributed by atoms with E-state index in [4.69, 9.17) is 29.5 Å². The summed E-state index contributed by atoms with van der Waals surface area (Å²) in [5.74, 6) is 2.64. The first-order valence-electron chi connectivity index (χ1n) is 5.67. The van der Waals surface area contributed by atoms with Crippen LogP contribution in [0.3, 0.4) is 0 Å². The van der Waals surface area contributed by atoms with Gasteiger partial charge in [-0.3, -0.25) is 0 Å². The number of nitrogens with zero attached hydrogens (tertiary/aromatic N) is 1. The van der Waals surface area contributed by atoms with Crippen LogP contribution in [0.25, 0.3) is 0 Å². The fourth-order valence-corrected chi connectivity index (χ4v) is 7.55. The predicted molar refractivity (Wildman–Crippen MR) is 60.9 cm³/mol. The molecule has 0 aromatic heterocycles. The maximum atomic E-state index is 6.01. The van der Waals surface area contributed by atoms with E-state index in [1.807, 2.05) is 0 Å². The average Bonchev–Trinajstić information content (AvgIpc) is 1.94. The van der Waals surface area contributed by atoms with Crippen LogP contribution in [0.5, 0.6) is 0 Å². The molecule has 4 fully saturated rings. The van der Waals surface area contributed by atoms with Crippen molar-refractivity contribution in [2.24, 2.45) is 21.5 Å². The third-order valence-electron chi connectivity index (χ3n) is 4.33. The van der Waals surface area contributed by atoms with Crippen LogP contribution in [0, 0.1) is 17.8 Å². The molecule has 4 aliphatic rings. The Bertz CT molecular complexity index is 292. The van der Waals surface area contributed by atoms with E-state index >= 15 is 0 Å². The van der Waals surface area contributed by atoms with Gasteiger partial charge in [0.2, 0.25) is 0 Å². The number of rotatable bonds is 1. The van der Waals surface area contributed by atoms with Gasteiger partial charge in [0.05, 0.1) is 0 Å². The molecule has 0 aliphatic heterocycles. The van der Waals surface area contributed by atoms with Gasteiger partial charge in [-0.2, -0.15) is 0 Å². The summed E-state index contributed by atoms with van der Waals surface area (Å²) in [6.45, 7) is 0. The minimum atomic E-state index is -3.13. The van der Waals surface area contributed by atoms with E-state index in [0.29, 0.717) is 0 Å². The molecule has 4 saturated carbocycles. The van der Waals surface area contributed by atoms with Crippen LogP contribution in [-0.4, -0.2) is 5.54 Å². The molecular weight excluding hydrogens is 291 g/mol. The topological polar surface area (TPSA) is 12.4 Å². The molecule has 1 nitrogen and oxygen atoms in total. The van der Waals surface area contributed by atoms with Crippen molar-refractivity contribution >= 4 is 29.5 Å². The number of hydrogen-bond acceptors (Lipinski definition) is 1. The summed E-state index contributed by atoms with van der Waals surface area (Å²) in [5.41, 5.74) is 0.0903. The van der Waals surface area contributed by atoms with Gasteiger partial charge in [0, 0.05) is 0 Å². The molecule has 0 aromatic rings. The summed E-state index contributed by atoms with van der Waals surface area (Å²) in [7, 11) is 14.9. The van der Waals surface area contributed by atoms with Crippen molar-refractivity contribution in [3.8, 4) is 0 Å². The molecule has 0 aromatic carbocycles. The third kappa shape index (κ3) is 2.28. The molecule has 0 heterocycles. The van der Waals surface area contributed by atoms with Crippen LogP contribution >= 0.6 is 29.5 Å². The van der Waals surface area contributed by atoms with Gasteiger partial charge in [0.1, 0.15) is 0 Å². The van der Waals surface area contributed by atoms with Crippen LogP contribution in [0.2, 0.25) is 0 Å². The van der Waals surface area contributed by atoms with Crippen molar-refractivity contribution < 1.29 is 11.0 Å². The normalized spacial score (nSPS) is 48.3. The van der Waals surface area contributed by atoms with Crippen molar-refractivity contribution in [2.75, 3.05) is 0 Å². The van der Waals surface area contributed by atoms with E-state index in [1.165, 1.54) is 38.5 Å². The summed E-state index contributed by atoms with van der Waals surface area (Å²) in [6.07, 6.45) is 7.86. The Morgan fingerprint density at radius 3 is 1.60 bits per heavy atom. The summed E-state index contributed by atoms with van der Waals surface area (Å²) in [6, 6.07) is 0. The Labute approximate surface area is 106 Å². The second-order valence-corrected chi connectivity index (χ2v) is 15.5.